The van der Waals surface area contributed by atoms with Crippen molar-refractivity contribution in [3.63, 3.8) is 0 Å². The van der Waals surface area contributed by atoms with Crippen molar-refractivity contribution in [3.8, 4) is 5.69 Å². The van der Waals surface area contributed by atoms with Gasteiger partial charge in [-0.05, 0) is 50.0 Å². The Morgan fingerprint density at radius 3 is 2.60 bits per heavy atom. The largest absolute Gasteiger partial charge is 0.460 e. The predicted octanol–water partition coefficient (Wildman–Crippen LogP) is 3.01. The second-order valence-corrected chi connectivity index (χ2v) is 10.2. The number of nitrogens with zero attached hydrogens (tertiary/aromatic N) is 2. The minimum atomic E-state index is -1.33. The van der Waals surface area contributed by atoms with E-state index in [-0.39, 0.29) is 28.7 Å². The second kappa shape index (κ2) is 9.41. The van der Waals surface area contributed by atoms with Crippen molar-refractivity contribution in [3.05, 3.63) is 40.5 Å². The van der Waals surface area contributed by atoms with Crippen LogP contribution in [0, 0.1) is 11.2 Å². The molecular weight excluding hydrogens is 453 g/mol. The molecule has 1 heterocycles. The summed E-state index contributed by atoms with van der Waals surface area (Å²) in [5.41, 5.74) is 12.8. The quantitative estimate of drug-likeness (QED) is 0.404. The average molecular weight is 486 g/mol. The third-order valence-electron chi connectivity index (χ3n) is 6.67. The fourth-order valence-electron chi connectivity index (χ4n) is 5.04. The molecule has 4 rings (SSSR count). The van der Waals surface area contributed by atoms with Crippen molar-refractivity contribution in [2.45, 2.75) is 78.0 Å². The number of ketones is 1. The van der Waals surface area contributed by atoms with Gasteiger partial charge < -0.3 is 21.5 Å². The molecule has 0 aliphatic heterocycles. The SMILES string of the molecule is CCc1nn(-c2cc(F)c(C(N)=O)c(NC(N)C(=O)OC3CCCC3)c2)c2c1C(=O)CC(C)(C)C2. The van der Waals surface area contributed by atoms with Gasteiger partial charge in [-0.2, -0.15) is 5.10 Å². The Kier molecular flexibility index (Phi) is 6.68. The molecule has 0 radical (unpaired) electrons. The minimum absolute atomic E-state index is 0.00334. The lowest BCUT2D eigenvalue weighted by Crippen LogP contribution is -2.41. The van der Waals surface area contributed by atoms with Crippen molar-refractivity contribution < 1.29 is 23.5 Å². The zero-order valence-electron chi connectivity index (χ0n) is 20.3. The highest BCUT2D eigenvalue weighted by atomic mass is 19.1. The van der Waals surface area contributed by atoms with Crippen molar-refractivity contribution in [2.24, 2.45) is 16.9 Å². The Hall–Kier alpha value is -3.27. The summed E-state index contributed by atoms with van der Waals surface area (Å²) in [5.74, 6) is -2.60. The summed E-state index contributed by atoms with van der Waals surface area (Å²) in [6.07, 6.45) is 3.48. The summed E-state index contributed by atoms with van der Waals surface area (Å²) in [6.45, 7) is 5.89. The summed E-state index contributed by atoms with van der Waals surface area (Å²) in [4.78, 5) is 37.4. The number of amides is 1. The standard InChI is InChI=1S/C25H32FN5O4/c1-4-16-21-18(11-25(2,3)12-19(21)32)31(30-16)13-9-15(26)20(23(28)33)17(10-13)29-22(27)24(34)35-14-7-5-6-8-14/h9-10,14,22,29H,4-8,11-12,27H2,1-3H3,(H2,28,33). The highest BCUT2D eigenvalue weighted by Gasteiger charge is 2.36. The third kappa shape index (κ3) is 4.93. The van der Waals surface area contributed by atoms with Gasteiger partial charge in [0, 0.05) is 12.5 Å². The number of anilines is 1. The van der Waals surface area contributed by atoms with Gasteiger partial charge in [0.05, 0.1) is 33.9 Å². The molecule has 0 saturated heterocycles. The lowest BCUT2D eigenvalue weighted by atomic mass is 9.75. The number of esters is 1. The number of aromatic nitrogens is 2. The molecule has 9 nitrogen and oxygen atoms in total. The first-order chi connectivity index (χ1) is 16.5. The number of aryl methyl sites for hydroxylation is 1. The number of Topliss-reactive ketones (excluding diaryl/α,β-unsaturated/α-hetero) is 1. The molecule has 35 heavy (non-hydrogen) atoms. The third-order valence-corrected chi connectivity index (χ3v) is 6.67. The van der Waals surface area contributed by atoms with Crippen molar-refractivity contribution in [2.75, 3.05) is 5.32 Å². The molecule has 10 heteroatoms. The van der Waals surface area contributed by atoms with Crippen LogP contribution in [0.5, 0.6) is 0 Å². The topological polar surface area (TPSA) is 142 Å². The first-order valence-corrected chi connectivity index (χ1v) is 12.0. The molecule has 1 fully saturated rings. The molecule has 1 aromatic carbocycles. The van der Waals surface area contributed by atoms with Crippen LogP contribution in [0.3, 0.4) is 0 Å². The van der Waals surface area contributed by atoms with Crippen LogP contribution >= 0.6 is 0 Å². The number of nitrogens with two attached hydrogens (primary N) is 2. The van der Waals surface area contributed by atoms with Crippen LogP contribution in [0.4, 0.5) is 10.1 Å². The molecule has 0 spiro atoms. The highest BCUT2D eigenvalue weighted by molar-refractivity contribution is 6.01. The van der Waals surface area contributed by atoms with E-state index in [0.29, 0.717) is 36.2 Å². The van der Waals surface area contributed by atoms with Gasteiger partial charge in [-0.15, -0.1) is 0 Å². The van der Waals surface area contributed by atoms with Crippen molar-refractivity contribution >= 4 is 23.3 Å². The number of ether oxygens (including phenoxy) is 1. The normalized spacial score (nSPS) is 18.3. The number of hydrogen-bond acceptors (Lipinski definition) is 7. The second-order valence-electron chi connectivity index (χ2n) is 10.2. The number of carbonyl (C=O) groups excluding carboxylic acids is 3. The van der Waals surface area contributed by atoms with Gasteiger partial charge in [0.25, 0.3) is 5.91 Å². The van der Waals surface area contributed by atoms with E-state index in [2.05, 4.69) is 10.4 Å². The van der Waals surface area contributed by atoms with Gasteiger partial charge in [-0.1, -0.05) is 20.8 Å². The van der Waals surface area contributed by atoms with Gasteiger partial charge in [0.1, 0.15) is 11.9 Å². The Labute approximate surface area is 203 Å². The maximum absolute atomic E-state index is 15.2. The number of hydrogen-bond donors (Lipinski definition) is 3. The monoisotopic (exact) mass is 485 g/mol. The fourth-order valence-corrected chi connectivity index (χ4v) is 5.04. The van der Waals surface area contributed by atoms with Crippen LogP contribution in [-0.4, -0.2) is 39.7 Å². The molecule has 2 aromatic rings. The van der Waals surface area contributed by atoms with E-state index in [0.717, 1.165) is 31.7 Å². The molecule has 1 unspecified atom stereocenters. The van der Waals surface area contributed by atoms with Gasteiger partial charge >= 0.3 is 5.97 Å². The zero-order chi connectivity index (χ0) is 25.5. The Morgan fingerprint density at radius 2 is 1.97 bits per heavy atom. The maximum atomic E-state index is 15.2. The fraction of sp³-hybridized carbons (Fsp3) is 0.520. The first-order valence-electron chi connectivity index (χ1n) is 12.0. The van der Waals surface area contributed by atoms with E-state index in [1.807, 2.05) is 20.8 Å². The number of fused-ring (bicyclic) bond motifs is 1. The summed E-state index contributed by atoms with van der Waals surface area (Å²) < 4.78 is 22.1. The van der Waals surface area contributed by atoms with Crippen molar-refractivity contribution in [1.82, 2.24) is 9.78 Å². The van der Waals surface area contributed by atoms with E-state index >= 15 is 4.39 Å². The minimum Gasteiger partial charge on any atom is -0.460 e. The number of primary amides is 1. The summed E-state index contributed by atoms with van der Waals surface area (Å²) in [5, 5.41) is 7.30. The number of nitrogens with one attached hydrogen (secondary N) is 1. The number of halogens is 1. The molecule has 1 atom stereocenters. The van der Waals surface area contributed by atoms with Crippen LogP contribution in [0.1, 0.15) is 85.0 Å². The van der Waals surface area contributed by atoms with Gasteiger partial charge in [0.2, 0.25) is 0 Å². The van der Waals surface area contributed by atoms with Gasteiger partial charge in [-0.25, -0.2) is 13.9 Å². The summed E-state index contributed by atoms with van der Waals surface area (Å²) in [6, 6.07) is 2.61. The summed E-state index contributed by atoms with van der Waals surface area (Å²) >= 11 is 0. The Morgan fingerprint density at radius 1 is 1.29 bits per heavy atom. The smallest absolute Gasteiger partial charge is 0.343 e. The maximum Gasteiger partial charge on any atom is 0.343 e. The number of carbonyl (C=O) groups is 3. The van der Waals surface area contributed by atoms with E-state index in [9.17, 15) is 14.4 Å². The van der Waals surface area contributed by atoms with E-state index in [4.69, 9.17) is 16.2 Å². The molecule has 1 amide bonds. The molecule has 1 aromatic heterocycles. The van der Waals surface area contributed by atoms with E-state index in [1.54, 1.807) is 0 Å². The van der Waals surface area contributed by atoms with Crippen LogP contribution < -0.4 is 16.8 Å². The lowest BCUT2D eigenvalue weighted by Gasteiger charge is -2.29. The Bertz CT molecular complexity index is 1180. The molecule has 2 aliphatic carbocycles. The van der Waals surface area contributed by atoms with Crippen LogP contribution in [0.15, 0.2) is 12.1 Å². The predicted molar refractivity (Wildman–Crippen MR) is 128 cm³/mol. The van der Waals surface area contributed by atoms with Crippen LogP contribution in [0.25, 0.3) is 5.69 Å². The molecule has 5 N–H and O–H groups in total. The molecule has 188 valence electrons. The Balaban J connectivity index is 1.73. The molecule has 0 bridgehead atoms. The van der Waals surface area contributed by atoms with E-state index < -0.39 is 29.4 Å². The first kappa shape index (κ1) is 24.8. The van der Waals surface area contributed by atoms with Crippen LogP contribution in [0.2, 0.25) is 0 Å². The summed E-state index contributed by atoms with van der Waals surface area (Å²) in [7, 11) is 0. The molecular formula is C25H32FN5O4. The zero-order valence-corrected chi connectivity index (χ0v) is 20.3. The lowest BCUT2D eigenvalue weighted by molar-refractivity contribution is -0.149. The highest BCUT2D eigenvalue weighted by Crippen LogP contribution is 2.38. The van der Waals surface area contributed by atoms with E-state index in [1.165, 1.54) is 10.7 Å². The number of benzene rings is 1. The molecule has 1 saturated carbocycles. The number of rotatable bonds is 7. The van der Waals surface area contributed by atoms with Crippen LogP contribution in [-0.2, 0) is 22.4 Å². The van der Waals surface area contributed by atoms with Crippen molar-refractivity contribution in [1.29, 1.82) is 0 Å². The molecule has 2 aliphatic rings. The van der Waals surface area contributed by atoms with Gasteiger partial charge in [0.15, 0.2) is 11.9 Å². The van der Waals surface area contributed by atoms with Gasteiger partial charge in [-0.3, -0.25) is 9.59 Å². The average Bonchev–Trinajstić information content (AvgIpc) is 3.39.